The highest BCUT2D eigenvalue weighted by molar-refractivity contribution is 5.80. The zero-order chi connectivity index (χ0) is 11.4. The van der Waals surface area contributed by atoms with Gasteiger partial charge in [-0.2, -0.15) is 0 Å². The number of carbonyl (C=O) groups excluding carboxylic acids is 1. The predicted octanol–water partition coefficient (Wildman–Crippen LogP) is 0.391. The molecule has 0 aliphatic rings. The Labute approximate surface area is 83.4 Å². The molecule has 1 atom stereocenters. The molecule has 82 valence electrons. The van der Waals surface area contributed by atoms with Crippen LogP contribution in [0, 0.1) is 0 Å². The minimum atomic E-state index is -1.13. The van der Waals surface area contributed by atoms with E-state index in [9.17, 15) is 9.59 Å². The fourth-order valence-corrected chi connectivity index (χ4v) is 0.929. The molecule has 0 saturated heterocycles. The number of nitrogens with one attached hydrogen (secondary N) is 1. The SMILES string of the molecule is CCOC(=O)C(C)NC(C)(C)C(=O)O. The van der Waals surface area contributed by atoms with Gasteiger partial charge in [0.15, 0.2) is 0 Å². The van der Waals surface area contributed by atoms with Gasteiger partial charge in [-0.1, -0.05) is 0 Å². The molecule has 0 aromatic rings. The van der Waals surface area contributed by atoms with E-state index < -0.39 is 23.5 Å². The van der Waals surface area contributed by atoms with E-state index in [1.807, 2.05) is 0 Å². The molecule has 0 saturated carbocycles. The van der Waals surface area contributed by atoms with Gasteiger partial charge >= 0.3 is 11.9 Å². The molecular formula is C9H17NO4. The van der Waals surface area contributed by atoms with E-state index in [0.29, 0.717) is 6.61 Å². The molecule has 0 aromatic heterocycles. The molecule has 1 unspecified atom stereocenters. The Morgan fingerprint density at radius 1 is 1.50 bits per heavy atom. The van der Waals surface area contributed by atoms with Gasteiger partial charge in [-0.05, 0) is 27.7 Å². The summed E-state index contributed by atoms with van der Waals surface area (Å²) < 4.78 is 4.73. The van der Waals surface area contributed by atoms with Crippen molar-refractivity contribution in [3.05, 3.63) is 0 Å². The molecule has 0 aliphatic heterocycles. The summed E-state index contributed by atoms with van der Waals surface area (Å²) in [5.74, 6) is -1.45. The van der Waals surface area contributed by atoms with E-state index in [-0.39, 0.29) is 0 Å². The topological polar surface area (TPSA) is 75.6 Å². The quantitative estimate of drug-likeness (QED) is 0.632. The van der Waals surface area contributed by atoms with Crippen molar-refractivity contribution < 1.29 is 19.4 Å². The normalized spacial score (nSPS) is 13.4. The lowest BCUT2D eigenvalue weighted by Gasteiger charge is -2.24. The van der Waals surface area contributed by atoms with Crippen LogP contribution in [-0.4, -0.2) is 35.2 Å². The predicted molar refractivity (Wildman–Crippen MR) is 50.9 cm³/mol. The maximum atomic E-state index is 11.2. The van der Waals surface area contributed by atoms with Gasteiger partial charge in [0, 0.05) is 0 Å². The third-order valence-corrected chi connectivity index (χ3v) is 1.75. The number of esters is 1. The molecule has 0 radical (unpaired) electrons. The zero-order valence-electron chi connectivity index (χ0n) is 8.96. The van der Waals surface area contributed by atoms with Crippen LogP contribution in [0.3, 0.4) is 0 Å². The summed E-state index contributed by atoms with van der Waals surface area (Å²) in [6.45, 7) is 6.55. The van der Waals surface area contributed by atoms with Crippen molar-refractivity contribution in [2.75, 3.05) is 6.61 Å². The number of ether oxygens (including phenoxy) is 1. The van der Waals surface area contributed by atoms with Gasteiger partial charge in [0.25, 0.3) is 0 Å². The van der Waals surface area contributed by atoms with Crippen molar-refractivity contribution in [1.82, 2.24) is 5.32 Å². The average molecular weight is 203 g/mol. The molecule has 0 amide bonds. The fourth-order valence-electron chi connectivity index (χ4n) is 0.929. The van der Waals surface area contributed by atoms with Crippen molar-refractivity contribution in [2.24, 2.45) is 0 Å². The highest BCUT2D eigenvalue weighted by Gasteiger charge is 2.30. The van der Waals surface area contributed by atoms with Crippen LogP contribution in [0.2, 0.25) is 0 Å². The average Bonchev–Trinajstić information content (AvgIpc) is 2.03. The van der Waals surface area contributed by atoms with Crippen LogP contribution in [0.4, 0.5) is 0 Å². The van der Waals surface area contributed by atoms with E-state index in [4.69, 9.17) is 9.84 Å². The van der Waals surface area contributed by atoms with Gasteiger partial charge in [-0.25, -0.2) is 0 Å². The third-order valence-electron chi connectivity index (χ3n) is 1.75. The summed E-state index contributed by atoms with van der Waals surface area (Å²) >= 11 is 0. The minimum Gasteiger partial charge on any atom is -0.480 e. The van der Waals surface area contributed by atoms with Crippen LogP contribution in [0.1, 0.15) is 27.7 Å². The number of hydrogen-bond acceptors (Lipinski definition) is 4. The first-order chi connectivity index (χ1) is 6.31. The second-order valence-electron chi connectivity index (χ2n) is 3.55. The van der Waals surface area contributed by atoms with Crippen molar-refractivity contribution in [1.29, 1.82) is 0 Å². The van der Waals surface area contributed by atoms with Crippen molar-refractivity contribution >= 4 is 11.9 Å². The molecule has 0 heterocycles. The van der Waals surface area contributed by atoms with Gasteiger partial charge in [0.05, 0.1) is 6.61 Å². The van der Waals surface area contributed by atoms with Gasteiger partial charge in [-0.3, -0.25) is 14.9 Å². The number of rotatable bonds is 5. The molecule has 0 fully saturated rings. The lowest BCUT2D eigenvalue weighted by molar-refractivity contribution is -0.148. The Balaban J connectivity index is 4.24. The highest BCUT2D eigenvalue weighted by atomic mass is 16.5. The molecular weight excluding hydrogens is 186 g/mol. The first kappa shape index (κ1) is 12.9. The number of carbonyl (C=O) groups is 2. The number of aliphatic carboxylic acids is 1. The second-order valence-corrected chi connectivity index (χ2v) is 3.55. The molecule has 5 heteroatoms. The lowest BCUT2D eigenvalue weighted by atomic mass is 10.1. The number of hydrogen-bond donors (Lipinski definition) is 2. The highest BCUT2D eigenvalue weighted by Crippen LogP contribution is 2.04. The molecule has 14 heavy (non-hydrogen) atoms. The first-order valence-corrected chi connectivity index (χ1v) is 4.49. The molecule has 0 spiro atoms. The van der Waals surface area contributed by atoms with Crippen LogP contribution >= 0.6 is 0 Å². The summed E-state index contributed by atoms with van der Waals surface area (Å²) in [5, 5.41) is 11.5. The van der Waals surface area contributed by atoms with Gasteiger partial charge in [0.2, 0.25) is 0 Å². The molecule has 0 aliphatic carbocycles. The summed E-state index contributed by atoms with van der Waals surface area (Å²) in [4.78, 5) is 21.9. The zero-order valence-corrected chi connectivity index (χ0v) is 8.96. The standard InChI is InChI=1S/C9H17NO4/c1-5-14-7(11)6(2)10-9(3,4)8(12)13/h6,10H,5H2,1-4H3,(H,12,13). The Kier molecular flexibility index (Phi) is 4.56. The van der Waals surface area contributed by atoms with Crippen LogP contribution < -0.4 is 5.32 Å². The first-order valence-electron chi connectivity index (χ1n) is 4.49. The Morgan fingerprint density at radius 2 is 2.00 bits per heavy atom. The number of carboxylic acid groups (broad SMARTS) is 1. The summed E-state index contributed by atoms with van der Waals surface area (Å²) in [6.07, 6.45) is 0. The maximum absolute atomic E-state index is 11.2. The lowest BCUT2D eigenvalue weighted by Crippen LogP contribution is -2.53. The second kappa shape index (κ2) is 4.95. The van der Waals surface area contributed by atoms with Gasteiger partial charge in [0.1, 0.15) is 11.6 Å². The summed E-state index contributed by atoms with van der Waals surface area (Å²) in [6, 6.07) is -0.624. The van der Waals surface area contributed by atoms with E-state index >= 15 is 0 Å². The molecule has 5 nitrogen and oxygen atoms in total. The van der Waals surface area contributed by atoms with Gasteiger partial charge in [-0.15, -0.1) is 0 Å². The van der Waals surface area contributed by atoms with E-state index in [1.165, 1.54) is 13.8 Å². The monoisotopic (exact) mass is 203 g/mol. The van der Waals surface area contributed by atoms with Crippen LogP contribution in [0.15, 0.2) is 0 Å². The third kappa shape index (κ3) is 3.74. The van der Waals surface area contributed by atoms with Crippen LogP contribution in [0.5, 0.6) is 0 Å². The number of carboxylic acids is 1. The molecule has 0 aromatic carbocycles. The Hall–Kier alpha value is -1.10. The minimum absolute atomic E-state index is 0.290. The van der Waals surface area contributed by atoms with Crippen LogP contribution in [-0.2, 0) is 14.3 Å². The molecule has 2 N–H and O–H groups in total. The summed E-state index contributed by atoms with van der Waals surface area (Å²) in [7, 11) is 0. The van der Waals surface area contributed by atoms with Crippen molar-refractivity contribution in [3.63, 3.8) is 0 Å². The molecule has 0 rings (SSSR count). The van der Waals surface area contributed by atoms with Crippen molar-refractivity contribution in [3.8, 4) is 0 Å². The van der Waals surface area contributed by atoms with Crippen molar-refractivity contribution in [2.45, 2.75) is 39.3 Å². The largest absolute Gasteiger partial charge is 0.480 e. The Bertz CT molecular complexity index is 225. The fraction of sp³-hybridized carbons (Fsp3) is 0.778. The van der Waals surface area contributed by atoms with E-state index in [0.717, 1.165) is 0 Å². The van der Waals surface area contributed by atoms with Crippen LogP contribution in [0.25, 0.3) is 0 Å². The summed E-state index contributed by atoms with van der Waals surface area (Å²) in [5.41, 5.74) is -1.13. The smallest absolute Gasteiger partial charge is 0.323 e. The Morgan fingerprint density at radius 3 is 2.36 bits per heavy atom. The van der Waals surface area contributed by atoms with E-state index in [1.54, 1.807) is 13.8 Å². The maximum Gasteiger partial charge on any atom is 0.323 e. The van der Waals surface area contributed by atoms with E-state index in [2.05, 4.69) is 5.32 Å². The van der Waals surface area contributed by atoms with Gasteiger partial charge < -0.3 is 9.84 Å². The molecule has 0 bridgehead atoms.